The van der Waals surface area contributed by atoms with Gasteiger partial charge in [0.25, 0.3) is 6.43 Å². The predicted octanol–water partition coefficient (Wildman–Crippen LogP) is 4.57. The molecule has 4 heterocycles. The van der Waals surface area contributed by atoms with Crippen molar-refractivity contribution in [3.05, 3.63) is 47.2 Å². The molecule has 2 aliphatic heterocycles. The van der Waals surface area contributed by atoms with Crippen LogP contribution in [0.25, 0.3) is 10.9 Å². The summed E-state index contributed by atoms with van der Waals surface area (Å²) in [6.07, 6.45) is -1.79. The number of piperazine rings is 1. The second-order valence-corrected chi connectivity index (χ2v) is 9.38. The number of hydrogen-bond acceptors (Lipinski definition) is 7. The van der Waals surface area contributed by atoms with Gasteiger partial charge in [0.15, 0.2) is 0 Å². The van der Waals surface area contributed by atoms with Crippen LogP contribution in [0.15, 0.2) is 24.4 Å². The average Bonchev–Trinajstić information content (AvgIpc) is 3.39. The lowest BCUT2D eigenvalue weighted by molar-refractivity contribution is 0.146. The Morgan fingerprint density at radius 2 is 1.92 bits per heavy atom. The van der Waals surface area contributed by atoms with Crippen LogP contribution in [0.4, 0.5) is 35.3 Å². The van der Waals surface area contributed by atoms with Gasteiger partial charge in [0.05, 0.1) is 23.3 Å². The molecular weight excluding hydrogens is 475 g/mol. The molecule has 2 aliphatic rings. The van der Waals surface area contributed by atoms with Gasteiger partial charge >= 0.3 is 6.09 Å². The van der Waals surface area contributed by atoms with Gasteiger partial charge < -0.3 is 15.3 Å². The van der Waals surface area contributed by atoms with Crippen molar-refractivity contribution in [3.8, 4) is 0 Å². The number of hydrogen-bond donors (Lipinski definition) is 3. The fourth-order valence-electron chi connectivity index (χ4n) is 5.17. The second kappa shape index (κ2) is 9.08. The van der Waals surface area contributed by atoms with Crippen LogP contribution in [0.2, 0.25) is 0 Å². The molecule has 3 N–H and O–H groups in total. The van der Waals surface area contributed by atoms with E-state index in [2.05, 4.69) is 37.1 Å². The molecule has 0 saturated carbocycles. The first-order valence-electron chi connectivity index (χ1n) is 11.6. The zero-order valence-corrected chi connectivity index (χ0v) is 20.0. The molecule has 36 heavy (non-hydrogen) atoms. The van der Waals surface area contributed by atoms with E-state index < -0.39 is 29.9 Å². The number of carbonyl (C=O) groups is 1. The number of alkyl halides is 2. The van der Waals surface area contributed by atoms with Crippen molar-refractivity contribution >= 4 is 34.3 Å². The first-order valence-corrected chi connectivity index (χ1v) is 11.6. The number of fused-ring (bicyclic) bond motifs is 3. The normalized spacial score (nSPS) is 20.4. The van der Waals surface area contributed by atoms with E-state index in [1.165, 1.54) is 6.07 Å². The predicted molar refractivity (Wildman–Crippen MR) is 129 cm³/mol. The minimum absolute atomic E-state index is 0.116. The van der Waals surface area contributed by atoms with Crippen LogP contribution in [0.3, 0.4) is 0 Å². The van der Waals surface area contributed by atoms with E-state index in [-0.39, 0.29) is 11.3 Å². The van der Waals surface area contributed by atoms with Gasteiger partial charge in [0, 0.05) is 41.8 Å². The Labute approximate surface area is 205 Å². The zero-order chi connectivity index (χ0) is 25.7. The lowest BCUT2D eigenvalue weighted by Crippen LogP contribution is -2.44. The Morgan fingerprint density at radius 3 is 2.56 bits per heavy atom. The average molecular weight is 502 g/mol. The number of rotatable bonds is 6. The highest BCUT2D eigenvalue weighted by Gasteiger charge is 2.42. The summed E-state index contributed by atoms with van der Waals surface area (Å²) >= 11 is 0. The molecular formula is C24H26F3N7O2. The maximum Gasteiger partial charge on any atom is 0.409 e. The van der Waals surface area contributed by atoms with E-state index >= 15 is 4.39 Å². The number of halogens is 3. The number of amides is 1. The number of carboxylic acid groups (broad SMARTS) is 1. The molecule has 2 saturated heterocycles. The van der Waals surface area contributed by atoms with Crippen LogP contribution in [0, 0.1) is 12.7 Å². The van der Waals surface area contributed by atoms with E-state index in [4.69, 9.17) is 5.11 Å². The lowest BCUT2D eigenvalue weighted by atomic mass is 10.0. The Kier molecular flexibility index (Phi) is 6.07. The molecule has 2 aromatic heterocycles. The quantitative estimate of drug-likeness (QED) is 0.451. The highest BCUT2D eigenvalue weighted by molar-refractivity contribution is 5.91. The summed E-state index contributed by atoms with van der Waals surface area (Å²) in [6.45, 7) is 5.14. The molecule has 0 radical (unpaired) electrons. The SMILES string of the molecule is Cc1nc(N[C@H](C)c2cc(NC(=O)O)cc(C(F)F)c2F)c2cc(N3C[C@@H]4C[C@H]3CN4C)ncc2n1. The van der Waals surface area contributed by atoms with E-state index in [9.17, 15) is 13.6 Å². The van der Waals surface area contributed by atoms with Crippen molar-refractivity contribution in [1.82, 2.24) is 19.9 Å². The maximum absolute atomic E-state index is 15.0. The molecule has 0 spiro atoms. The van der Waals surface area contributed by atoms with Crippen LogP contribution in [-0.4, -0.2) is 63.3 Å². The molecule has 9 nitrogen and oxygen atoms in total. The minimum atomic E-state index is -3.11. The summed E-state index contributed by atoms with van der Waals surface area (Å²) in [5.74, 6) is 0.564. The Bertz CT molecular complexity index is 1340. The number of nitrogens with zero attached hydrogens (tertiary/aromatic N) is 5. The molecule has 2 fully saturated rings. The van der Waals surface area contributed by atoms with Crippen molar-refractivity contribution in [2.24, 2.45) is 0 Å². The number of pyridine rings is 1. The van der Waals surface area contributed by atoms with Gasteiger partial charge in [-0.3, -0.25) is 10.2 Å². The smallest absolute Gasteiger partial charge is 0.409 e. The summed E-state index contributed by atoms with van der Waals surface area (Å²) < 4.78 is 42.0. The number of aryl methyl sites for hydroxylation is 1. The number of likely N-dealkylation sites (N-methyl/N-ethyl adjacent to an activating group) is 1. The Hall–Kier alpha value is -3.67. The molecule has 2 bridgehead atoms. The fourth-order valence-corrected chi connectivity index (χ4v) is 5.17. The number of benzene rings is 1. The van der Waals surface area contributed by atoms with Gasteiger partial charge in [-0.25, -0.2) is 32.9 Å². The van der Waals surface area contributed by atoms with Gasteiger partial charge in [0.2, 0.25) is 0 Å². The zero-order valence-electron chi connectivity index (χ0n) is 20.0. The topological polar surface area (TPSA) is 107 Å². The summed E-state index contributed by atoms with van der Waals surface area (Å²) in [6, 6.07) is 3.94. The van der Waals surface area contributed by atoms with E-state index in [1.807, 2.05) is 11.4 Å². The molecule has 1 aromatic carbocycles. The van der Waals surface area contributed by atoms with Gasteiger partial charge in [0.1, 0.15) is 23.3 Å². The molecule has 190 valence electrons. The maximum atomic E-state index is 15.0. The van der Waals surface area contributed by atoms with Crippen LogP contribution >= 0.6 is 0 Å². The first kappa shape index (κ1) is 24.0. The molecule has 3 atom stereocenters. The second-order valence-electron chi connectivity index (χ2n) is 9.38. The van der Waals surface area contributed by atoms with Gasteiger partial charge in [-0.05, 0) is 45.5 Å². The largest absolute Gasteiger partial charge is 0.465 e. The monoisotopic (exact) mass is 501 g/mol. The van der Waals surface area contributed by atoms with Crippen LogP contribution in [0.1, 0.15) is 42.8 Å². The van der Waals surface area contributed by atoms with Crippen molar-refractivity contribution < 1.29 is 23.1 Å². The number of anilines is 3. The third-order valence-corrected chi connectivity index (χ3v) is 6.92. The summed E-state index contributed by atoms with van der Waals surface area (Å²) in [4.78, 5) is 29.2. The van der Waals surface area contributed by atoms with Gasteiger partial charge in [-0.15, -0.1) is 0 Å². The molecule has 12 heteroatoms. The molecule has 5 rings (SSSR count). The Morgan fingerprint density at radius 1 is 1.17 bits per heavy atom. The molecule has 3 aromatic rings. The van der Waals surface area contributed by atoms with Crippen molar-refractivity contribution in [1.29, 1.82) is 0 Å². The standard InChI is InChI=1S/C24H26F3N7O2/c1-11(16-4-13(32-24(35)36)5-18(21(16)25)22(26)27)29-23-17-7-20(28-8-19(17)30-12(2)31-23)34-10-14-6-15(34)9-33(14)3/h4-5,7-8,11,14-15,22,32H,6,9-10H2,1-3H3,(H,35,36)(H,29,30,31)/t11-,14+,15+/m1/s1. The van der Waals surface area contributed by atoms with Crippen LogP contribution in [0.5, 0.6) is 0 Å². The number of aromatic nitrogens is 3. The number of likely N-dealkylation sites (tertiary alicyclic amines) is 1. The Balaban J connectivity index is 1.51. The fraction of sp³-hybridized carbons (Fsp3) is 0.417. The summed E-state index contributed by atoms with van der Waals surface area (Å²) in [5.41, 5.74) is -0.547. The van der Waals surface area contributed by atoms with E-state index in [0.717, 1.165) is 31.4 Å². The highest BCUT2D eigenvalue weighted by Crippen LogP contribution is 2.36. The lowest BCUT2D eigenvalue weighted by Gasteiger charge is -2.32. The molecule has 1 amide bonds. The molecule has 0 unspecified atom stereocenters. The van der Waals surface area contributed by atoms with Crippen molar-refractivity contribution in [2.45, 2.75) is 44.8 Å². The van der Waals surface area contributed by atoms with Gasteiger partial charge in [-0.2, -0.15) is 0 Å². The van der Waals surface area contributed by atoms with Crippen molar-refractivity contribution in [2.75, 3.05) is 35.7 Å². The summed E-state index contributed by atoms with van der Waals surface area (Å²) in [7, 11) is 2.12. The highest BCUT2D eigenvalue weighted by atomic mass is 19.3. The van der Waals surface area contributed by atoms with Gasteiger partial charge in [-0.1, -0.05) is 0 Å². The first-order chi connectivity index (χ1) is 17.1. The number of nitrogens with one attached hydrogen (secondary N) is 2. The minimum Gasteiger partial charge on any atom is -0.465 e. The van der Waals surface area contributed by atoms with E-state index in [1.54, 1.807) is 20.0 Å². The van der Waals surface area contributed by atoms with Crippen LogP contribution < -0.4 is 15.5 Å². The third-order valence-electron chi connectivity index (χ3n) is 6.92. The summed E-state index contributed by atoms with van der Waals surface area (Å²) in [5, 5.41) is 14.8. The third kappa shape index (κ3) is 4.36. The molecule has 0 aliphatic carbocycles. The van der Waals surface area contributed by atoms with Crippen LogP contribution in [-0.2, 0) is 0 Å². The van der Waals surface area contributed by atoms with Crippen molar-refractivity contribution in [3.63, 3.8) is 0 Å². The van der Waals surface area contributed by atoms with E-state index in [0.29, 0.717) is 34.6 Å².